The van der Waals surface area contributed by atoms with Gasteiger partial charge in [-0.25, -0.2) is 0 Å². The van der Waals surface area contributed by atoms with Gasteiger partial charge in [-0.15, -0.1) is 0 Å². The molecule has 0 unspecified atom stereocenters. The average molecular weight is 407 g/mol. The van der Waals surface area contributed by atoms with Crippen LogP contribution in [0.25, 0.3) is 22.4 Å². The highest BCUT2D eigenvalue weighted by Crippen LogP contribution is 2.31. The van der Waals surface area contributed by atoms with E-state index >= 15 is 0 Å². The Bertz CT molecular complexity index is 1120. The Balaban J connectivity index is 1.56. The topological polar surface area (TPSA) is 93.8 Å². The highest BCUT2D eigenvalue weighted by molar-refractivity contribution is 6.30. The predicted molar refractivity (Wildman–Crippen MR) is 113 cm³/mol. The maximum Gasteiger partial charge on any atom is 0.268 e. The van der Waals surface area contributed by atoms with Gasteiger partial charge in [0.05, 0.1) is 24.5 Å². The van der Waals surface area contributed by atoms with Crippen LogP contribution in [0, 0.1) is 0 Å². The van der Waals surface area contributed by atoms with Crippen molar-refractivity contribution in [1.82, 2.24) is 20.5 Å². The summed E-state index contributed by atoms with van der Waals surface area (Å²) < 4.78 is 0. The molecule has 1 amide bonds. The summed E-state index contributed by atoms with van der Waals surface area (Å²) in [4.78, 5) is 15.7. The molecule has 6 nitrogen and oxygen atoms in total. The quantitative estimate of drug-likeness (QED) is 0.386. The molecule has 0 radical (unpaired) electrons. The fourth-order valence-electron chi connectivity index (χ4n) is 3.21. The van der Waals surface area contributed by atoms with E-state index in [0.29, 0.717) is 10.7 Å². The number of carbonyl (C=O) groups excluding carboxylic acids is 1. The Kier molecular flexibility index (Phi) is 5.46. The number of hydrogen-bond donors (Lipinski definition) is 4. The normalized spacial score (nSPS) is 11.9. The Morgan fingerprint density at radius 2 is 1.93 bits per heavy atom. The largest absolute Gasteiger partial charge is 0.394 e. The fraction of sp³-hybridized carbons (Fsp3) is 0.0909. The van der Waals surface area contributed by atoms with Crippen LogP contribution in [0.15, 0.2) is 73.1 Å². The van der Waals surface area contributed by atoms with Crippen molar-refractivity contribution in [3.8, 4) is 22.4 Å². The SMILES string of the molecule is O=C(N[C@H](CO)c1ccccc1)c1cc(-c2[nH]ncc2-c2cccc(Cl)c2)c[nH]1. The molecule has 0 aliphatic rings. The molecule has 146 valence electrons. The molecule has 0 saturated carbocycles. The predicted octanol–water partition coefficient (Wildman–Crippen LogP) is 4.19. The lowest BCUT2D eigenvalue weighted by molar-refractivity contribution is 0.0912. The van der Waals surface area contributed by atoms with Gasteiger partial charge in [0.15, 0.2) is 0 Å². The first-order chi connectivity index (χ1) is 14.2. The maximum absolute atomic E-state index is 12.7. The number of halogens is 1. The van der Waals surface area contributed by atoms with Crippen LogP contribution in [0.1, 0.15) is 22.1 Å². The molecule has 2 aromatic heterocycles. The number of hydrogen-bond acceptors (Lipinski definition) is 3. The monoisotopic (exact) mass is 406 g/mol. The number of rotatable bonds is 6. The molecule has 0 aliphatic carbocycles. The van der Waals surface area contributed by atoms with Crippen molar-refractivity contribution < 1.29 is 9.90 Å². The van der Waals surface area contributed by atoms with Gasteiger partial charge in [-0.2, -0.15) is 5.10 Å². The first-order valence-corrected chi connectivity index (χ1v) is 9.48. The first-order valence-electron chi connectivity index (χ1n) is 9.10. The van der Waals surface area contributed by atoms with E-state index < -0.39 is 6.04 Å². The van der Waals surface area contributed by atoms with E-state index in [4.69, 9.17) is 11.6 Å². The molecule has 0 fully saturated rings. The van der Waals surface area contributed by atoms with Crippen LogP contribution >= 0.6 is 11.6 Å². The second-order valence-corrected chi connectivity index (χ2v) is 7.03. The minimum absolute atomic E-state index is 0.192. The molecular formula is C22H19ClN4O2. The summed E-state index contributed by atoms with van der Waals surface area (Å²) in [5.41, 5.74) is 4.62. The van der Waals surface area contributed by atoms with Crippen molar-refractivity contribution in [1.29, 1.82) is 0 Å². The Morgan fingerprint density at radius 1 is 1.10 bits per heavy atom. The van der Waals surface area contributed by atoms with Crippen molar-refractivity contribution in [3.05, 3.63) is 89.3 Å². The standard InChI is InChI=1S/C22H19ClN4O2/c23-17-8-4-7-15(9-17)18-12-25-27-21(18)16-10-19(24-11-16)22(29)26-20(13-28)14-5-2-1-3-6-14/h1-12,20,24,28H,13H2,(H,25,27)(H,26,29)/t20-/m1/s1. The lowest BCUT2D eigenvalue weighted by Crippen LogP contribution is -2.30. The number of amides is 1. The summed E-state index contributed by atoms with van der Waals surface area (Å²) in [7, 11) is 0. The number of aromatic amines is 2. The highest BCUT2D eigenvalue weighted by atomic mass is 35.5. The summed E-state index contributed by atoms with van der Waals surface area (Å²) >= 11 is 6.11. The van der Waals surface area contributed by atoms with Crippen molar-refractivity contribution in [2.75, 3.05) is 6.61 Å². The van der Waals surface area contributed by atoms with Crippen LogP contribution in [0.3, 0.4) is 0 Å². The summed E-state index contributed by atoms with van der Waals surface area (Å²) in [5, 5.41) is 20.3. The van der Waals surface area contributed by atoms with Gasteiger partial charge in [0.25, 0.3) is 5.91 Å². The fourth-order valence-corrected chi connectivity index (χ4v) is 3.40. The highest BCUT2D eigenvalue weighted by Gasteiger charge is 2.18. The third-order valence-electron chi connectivity index (χ3n) is 4.68. The van der Waals surface area contributed by atoms with Gasteiger partial charge >= 0.3 is 0 Å². The van der Waals surface area contributed by atoms with E-state index in [0.717, 1.165) is 27.9 Å². The molecule has 0 bridgehead atoms. The van der Waals surface area contributed by atoms with E-state index in [1.807, 2.05) is 54.6 Å². The number of nitrogens with one attached hydrogen (secondary N) is 3. The zero-order valence-electron chi connectivity index (χ0n) is 15.4. The van der Waals surface area contributed by atoms with Crippen molar-refractivity contribution in [2.24, 2.45) is 0 Å². The number of aliphatic hydroxyl groups excluding tert-OH is 1. The zero-order chi connectivity index (χ0) is 20.2. The molecule has 0 saturated heterocycles. The Hall–Kier alpha value is -3.35. The third kappa shape index (κ3) is 4.08. The molecule has 4 N–H and O–H groups in total. The van der Waals surface area contributed by atoms with Gasteiger partial charge in [0, 0.05) is 22.3 Å². The average Bonchev–Trinajstić information content (AvgIpc) is 3.42. The lowest BCUT2D eigenvalue weighted by atomic mass is 10.0. The number of carbonyl (C=O) groups is 1. The van der Waals surface area contributed by atoms with Gasteiger partial charge in [0.2, 0.25) is 0 Å². The number of aromatic nitrogens is 3. The van der Waals surface area contributed by atoms with Gasteiger partial charge in [-0.1, -0.05) is 54.1 Å². The summed E-state index contributed by atoms with van der Waals surface area (Å²) in [6.45, 7) is -0.192. The molecule has 4 aromatic rings. The van der Waals surface area contributed by atoms with Crippen molar-refractivity contribution in [3.63, 3.8) is 0 Å². The minimum atomic E-state index is -0.482. The van der Waals surface area contributed by atoms with Gasteiger partial charge in [-0.05, 0) is 29.3 Å². The van der Waals surface area contributed by atoms with Crippen molar-refractivity contribution >= 4 is 17.5 Å². The van der Waals surface area contributed by atoms with E-state index in [-0.39, 0.29) is 12.5 Å². The van der Waals surface area contributed by atoms with E-state index in [1.54, 1.807) is 18.5 Å². The number of aliphatic hydroxyl groups is 1. The number of benzene rings is 2. The number of H-pyrrole nitrogens is 2. The molecule has 0 aliphatic heterocycles. The Morgan fingerprint density at radius 3 is 2.69 bits per heavy atom. The summed E-state index contributed by atoms with van der Waals surface area (Å²) in [6, 6.07) is 18.1. The molecule has 29 heavy (non-hydrogen) atoms. The van der Waals surface area contributed by atoms with Crippen LogP contribution < -0.4 is 5.32 Å². The maximum atomic E-state index is 12.7. The summed E-state index contributed by atoms with van der Waals surface area (Å²) in [5.74, 6) is -0.303. The third-order valence-corrected chi connectivity index (χ3v) is 4.92. The van der Waals surface area contributed by atoms with Crippen LogP contribution in [0.2, 0.25) is 5.02 Å². The second-order valence-electron chi connectivity index (χ2n) is 6.59. The molecule has 2 aromatic carbocycles. The van der Waals surface area contributed by atoms with Crippen LogP contribution in [-0.2, 0) is 0 Å². The number of nitrogens with zero attached hydrogens (tertiary/aromatic N) is 1. The van der Waals surface area contributed by atoms with Crippen LogP contribution in [0.5, 0.6) is 0 Å². The van der Waals surface area contributed by atoms with E-state index in [1.165, 1.54) is 0 Å². The van der Waals surface area contributed by atoms with E-state index in [2.05, 4.69) is 20.5 Å². The molecule has 0 spiro atoms. The summed E-state index contributed by atoms with van der Waals surface area (Å²) in [6.07, 6.45) is 3.47. The molecule has 2 heterocycles. The zero-order valence-corrected chi connectivity index (χ0v) is 16.1. The van der Waals surface area contributed by atoms with Crippen molar-refractivity contribution in [2.45, 2.75) is 6.04 Å². The van der Waals surface area contributed by atoms with Crippen LogP contribution in [0.4, 0.5) is 0 Å². The molecule has 4 rings (SSSR count). The van der Waals surface area contributed by atoms with E-state index in [9.17, 15) is 9.90 Å². The smallest absolute Gasteiger partial charge is 0.268 e. The second kappa shape index (κ2) is 8.34. The minimum Gasteiger partial charge on any atom is -0.394 e. The van der Waals surface area contributed by atoms with Gasteiger partial charge in [-0.3, -0.25) is 9.89 Å². The van der Waals surface area contributed by atoms with Gasteiger partial charge in [0.1, 0.15) is 5.69 Å². The molecule has 1 atom stereocenters. The van der Waals surface area contributed by atoms with Gasteiger partial charge < -0.3 is 15.4 Å². The molecule has 7 heteroatoms. The molecular weight excluding hydrogens is 388 g/mol. The Labute approximate surface area is 172 Å². The van der Waals surface area contributed by atoms with Crippen LogP contribution in [-0.4, -0.2) is 32.8 Å². The lowest BCUT2D eigenvalue weighted by Gasteiger charge is -2.16. The first kappa shape index (κ1) is 19.0.